The van der Waals surface area contributed by atoms with Gasteiger partial charge in [0.15, 0.2) is 0 Å². The van der Waals surface area contributed by atoms with Crippen molar-refractivity contribution < 1.29 is 9.47 Å². The summed E-state index contributed by atoms with van der Waals surface area (Å²) in [5, 5.41) is 2.31. The van der Waals surface area contributed by atoms with Gasteiger partial charge in [0.25, 0.3) is 0 Å². The Hall–Kier alpha value is -1.70. The van der Waals surface area contributed by atoms with Crippen LogP contribution in [0.3, 0.4) is 0 Å². The maximum absolute atomic E-state index is 6.27. The molecule has 1 fully saturated rings. The molecule has 0 aromatic heterocycles. The second-order valence-electron chi connectivity index (χ2n) is 7.80. The van der Waals surface area contributed by atoms with Crippen LogP contribution in [0.25, 0.3) is 10.8 Å². The molecule has 0 unspecified atom stereocenters. The zero-order valence-electron chi connectivity index (χ0n) is 14.8. The fourth-order valence-electron chi connectivity index (χ4n) is 3.71. The van der Waals surface area contributed by atoms with Crippen LogP contribution in [-0.4, -0.2) is 13.2 Å². The molecule has 2 aromatic carbocycles. The Bertz CT molecular complexity index is 661. The predicted octanol–water partition coefficient (Wildman–Crippen LogP) is 5.83. The first-order valence-electron chi connectivity index (χ1n) is 8.71. The number of ether oxygens (including phenoxy) is 2. The molecule has 0 heterocycles. The Morgan fingerprint density at radius 2 is 1.70 bits per heavy atom. The van der Waals surface area contributed by atoms with E-state index in [2.05, 4.69) is 45.0 Å². The fourth-order valence-corrected chi connectivity index (χ4v) is 3.71. The first-order valence-corrected chi connectivity index (χ1v) is 8.71. The third-order valence-electron chi connectivity index (χ3n) is 5.24. The van der Waals surface area contributed by atoms with E-state index in [9.17, 15) is 0 Å². The minimum atomic E-state index is 0.348. The van der Waals surface area contributed by atoms with Gasteiger partial charge >= 0.3 is 0 Å². The van der Waals surface area contributed by atoms with E-state index in [1.807, 2.05) is 12.1 Å². The van der Waals surface area contributed by atoms with Gasteiger partial charge in [-0.05, 0) is 60.6 Å². The van der Waals surface area contributed by atoms with Gasteiger partial charge in [-0.15, -0.1) is 0 Å². The van der Waals surface area contributed by atoms with E-state index >= 15 is 0 Å². The second kappa shape index (κ2) is 6.43. The summed E-state index contributed by atoms with van der Waals surface area (Å²) in [5.41, 5.74) is 0.418. The molecule has 0 saturated heterocycles. The molecule has 2 aromatic rings. The van der Waals surface area contributed by atoms with Crippen molar-refractivity contribution in [2.75, 3.05) is 7.11 Å². The summed E-state index contributed by atoms with van der Waals surface area (Å²) in [6, 6.07) is 12.4. The number of methoxy groups -OCH3 is 1. The Labute approximate surface area is 139 Å². The van der Waals surface area contributed by atoms with Gasteiger partial charge in [-0.3, -0.25) is 0 Å². The predicted molar refractivity (Wildman–Crippen MR) is 96.3 cm³/mol. The van der Waals surface area contributed by atoms with Gasteiger partial charge in [-0.25, -0.2) is 0 Å². The molecule has 0 N–H and O–H groups in total. The van der Waals surface area contributed by atoms with Gasteiger partial charge in [0.1, 0.15) is 11.5 Å². The minimum absolute atomic E-state index is 0.348. The minimum Gasteiger partial charge on any atom is -0.496 e. The highest BCUT2D eigenvalue weighted by atomic mass is 16.5. The Morgan fingerprint density at radius 1 is 0.957 bits per heavy atom. The van der Waals surface area contributed by atoms with Crippen molar-refractivity contribution in [3.8, 4) is 11.5 Å². The summed E-state index contributed by atoms with van der Waals surface area (Å²) in [4.78, 5) is 0. The van der Waals surface area contributed by atoms with Crippen molar-refractivity contribution >= 4 is 10.8 Å². The molecule has 1 aliphatic carbocycles. The summed E-state index contributed by atoms with van der Waals surface area (Å²) in [7, 11) is 1.72. The number of benzene rings is 2. The van der Waals surface area contributed by atoms with Crippen molar-refractivity contribution in [1.29, 1.82) is 0 Å². The number of rotatable bonds is 3. The van der Waals surface area contributed by atoms with Crippen LogP contribution in [0.15, 0.2) is 36.4 Å². The van der Waals surface area contributed by atoms with E-state index < -0.39 is 0 Å². The molecule has 23 heavy (non-hydrogen) atoms. The standard InChI is InChI=1S/C21H28O2/c1-21(2,3)16-9-12-17(13-10-16)23-18-11-8-15-6-5-7-20(22-4)19(15)14-18/h5-8,11,14,16-17H,9-10,12-13H2,1-4H3/t16-,17-. The fraction of sp³-hybridized carbons (Fsp3) is 0.524. The highest BCUT2D eigenvalue weighted by Crippen LogP contribution is 2.39. The summed E-state index contributed by atoms with van der Waals surface area (Å²) in [5.74, 6) is 2.68. The highest BCUT2D eigenvalue weighted by Gasteiger charge is 2.30. The van der Waals surface area contributed by atoms with Gasteiger partial charge in [0, 0.05) is 5.39 Å². The van der Waals surface area contributed by atoms with Crippen molar-refractivity contribution in [3.63, 3.8) is 0 Å². The van der Waals surface area contributed by atoms with Crippen molar-refractivity contribution in [2.45, 2.75) is 52.6 Å². The van der Waals surface area contributed by atoms with E-state index in [0.717, 1.165) is 35.6 Å². The number of hydrogen-bond donors (Lipinski definition) is 0. The van der Waals surface area contributed by atoms with Gasteiger partial charge in [0.2, 0.25) is 0 Å². The second-order valence-corrected chi connectivity index (χ2v) is 7.80. The maximum atomic E-state index is 6.27. The Kier molecular flexibility index (Phi) is 4.52. The van der Waals surface area contributed by atoms with E-state index in [4.69, 9.17) is 9.47 Å². The normalized spacial score (nSPS) is 22.1. The summed E-state index contributed by atoms with van der Waals surface area (Å²) < 4.78 is 11.7. The largest absolute Gasteiger partial charge is 0.496 e. The van der Waals surface area contributed by atoms with Crippen LogP contribution in [0.4, 0.5) is 0 Å². The van der Waals surface area contributed by atoms with E-state index in [1.54, 1.807) is 7.11 Å². The molecular weight excluding hydrogens is 284 g/mol. The quantitative estimate of drug-likeness (QED) is 0.709. The van der Waals surface area contributed by atoms with E-state index in [0.29, 0.717) is 11.5 Å². The maximum Gasteiger partial charge on any atom is 0.126 e. The first kappa shape index (κ1) is 16.2. The van der Waals surface area contributed by atoms with Crippen molar-refractivity contribution in [3.05, 3.63) is 36.4 Å². The zero-order valence-corrected chi connectivity index (χ0v) is 14.8. The lowest BCUT2D eigenvalue weighted by Gasteiger charge is -2.37. The third kappa shape index (κ3) is 3.63. The van der Waals surface area contributed by atoms with Gasteiger partial charge in [-0.1, -0.05) is 39.0 Å². The number of fused-ring (bicyclic) bond motifs is 1. The van der Waals surface area contributed by atoms with Gasteiger partial charge in [0.05, 0.1) is 13.2 Å². The van der Waals surface area contributed by atoms with Crippen LogP contribution in [0.1, 0.15) is 46.5 Å². The van der Waals surface area contributed by atoms with Gasteiger partial charge in [-0.2, -0.15) is 0 Å². The lowest BCUT2D eigenvalue weighted by atomic mass is 9.72. The van der Waals surface area contributed by atoms with Gasteiger partial charge < -0.3 is 9.47 Å². The summed E-state index contributed by atoms with van der Waals surface area (Å²) in [6.07, 6.45) is 5.20. The van der Waals surface area contributed by atoms with Crippen LogP contribution < -0.4 is 9.47 Å². The van der Waals surface area contributed by atoms with Crippen molar-refractivity contribution in [1.82, 2.24) is 0 Å². The average molecular weight is 312 g/mol. The molecular formula is C21H28O2. The Balaban J connectivity index is 1.71. The molecule has 124 valence electrons. The lowest BCUT2D eigenvalue weighted by molar-refractivity contribution is 0.0883. The van der Waals surface area contributed by atoms with E-state index in [-0.39, 0.29) is 0 Å². The molecule has 0 radical (unpaired) electrons. The molecule has 0 spiro atoms. The topological polar surface area (TPSA) is 18.5 Å². The number of hydrogen-bond acceptors (Lipinski definition) is 2. The lowest BCUT2D eigenvalue weighted by Crippen LogP contribution is -2.30. The SMILES string of the molecule is COc1cccc2ccc(O[C@H]3CC[C@H](C(C)(C)C)CC3)cc12. The molecule has 1 aliphatic rings. The van der Waals surface area contributed by atoms with Crippen LogP contribution >= 0.6 is 0 Å². The monoisotopic (exact) mass is 312 g/mol. The molecule has 2 nitrogen and oxygen atoms in total. The van der Waals surface area contributed by atoms with Crippen LogP contribution in [0.2, 0.25) is 0 Å². The van der Waals surface area contributed by atoms with Crippen LogP contribution in [0, 0.1) is 11.3 Å². The Morgan fingerprint density at radius 3 is 2.35 bits per heavy atom. The van der Waals surface area contributed by atoms with Crippen LogP contribution in [-0.2, 0) is 0 Å². The smallest absolute Gasteiger partial charge is 0.126 e. The van der Waals surface area contributed by atoms with E-state index in [1.165, 1.54) is 18.2 Å². The molecule has 1 saturated carbocycles. The molecule has 0 amide bonds. The first-order chi connectivity index (χ1) is 11.0. The molecule has 0 atom stereocenters. The average Bonchev–Trinajstić information content (AvgIpc) is 2.54. The molecule has 2 heteroatoms. The highest BCUT2D eigenvalue weighted by molar-refractivity contribution is 5.89. The summed E-state index contributed by atoms with van der Waals surface area (Å²) in [6.45, 7) is 7.07. The molecule has 3 rings (SSSR count). The zero-order chi connectivity index (χ0) is 16.4. The van der Waals surface area contributed by atoms with Crippen molar-refractivity contribution in [2.24, 2.45) is 11.3 Å². The molecule has 0 aliphatic heterocycles. The molecule has 0 bridgehead atoms. The van der Waals surface area contributed by atoms with Crippen LogP contribution in [0.5, 0.6) is 11.5 Å². The summed E-state index contributed by atoms with van der Waals surface area (Å²) >= 11 is 0. The third-order valence-corrected chi connectivity index (χ3v) is 5.24.